The van der Waals surface area contributed by atoms with Crippen LogP contribution in [0.5, 0.6) is 0 Å². The highest BCUT2D eigenvalue weighted by Crippen LogP contribution is 2.40. The fraction of sp³-hybridized carbons (Fsp3) is 0.500. The minimum Gasteiger partial charge on any atom is -0.463 e. The predicted octanol–water partition coefficient (Wildman–Crippen LogP) is 7.19. The van der Waals surface area contributed by atoms with E-state index < -0.39 is 20.0 Å². The first kappa shape index (κ1) is 36.1. The molecule has 0 spiro atoms. The molecule has 254 valence electrons. The Labute approximate surface area is 282 Å². The van der Waals surface area contributed by atoms with Crippen LogP contribution in [0.4, 0.5) is 4.79 Å². The summed E-state index contributed by atoms with van der Waals surface area (Å²) in [7, 11) is -2.60. The van der Waals surface area contributed by atoms with Gasteiger partial charge in [0.2, 0.25) is 0 Å². The standard InChI is InChI=1S/C38H53N3O5Si/c1-8-44-35(42)29(16-15-25-39-36(43)45-37(2,3)4)26-30-27-41(28-40-30)31-21-23-32(24-22-31)46-47(38(5,6)7,33-17-11-9-12-18-33)34-19-13-10-14-20-34/h9-14,17-20,26-28,31-32H,8,15-16,21-25H2,1-7H3,(H,39,43)/b29-26+/t31-,32+. The minimum absolute atomic E-state index is 0.0550. The van der Waals surface area contributed by atoms with E-state index in [9.17, 15) is 9.59 Å². The highest BCUT2D eigenvalue weighted by molar-refractivity contribution is 6.99. The number of carbonyl (C=O) groups excluding carboxylic acids is 2. The molecule has 0 saturated heterocycles. The zero-order chi connectivity index (χ0) is 34.1. The number of nitrogens with one attached hydrogen (secondary N) is 1. The number of imidazole rings is 1. The maximum absolute atomic E-state index is 12.7. The van der Waals surface area contributed by atoms with Crippen LogP contribution >= 0.6 is 0 Å². The van der Waals surface area contributed by atoms with Crippen LogP contribution in [0.25, 0.3) is 6.08 Å². The fourth-order valence-electron chi connectivity index (χ4n) is 6.45. The first-order valence-corrected chi connectivity index (χ1v) is 18.9. The number of ether oxygens (including phenoxy) is 2. The Morgan fingerprint density at radius 3 is 2.06 bits per heavy atom. The quantitative estimate of drug-likeness (QED) is 0.0958. The summed E-state index contributed by atoms with van der Waals surface area (Å²) in [6.07, 6.45) is 10.3. The van der Waals surface area contributed by atoms with Crippen molar-refractivity contribution < 1.29 is 23.5 Å². The van der Waals surface area contributed by atoms with Crippen LogP contribution in [-0.2, 0) is 18.7 Å². The average Bonchev–Trinajstić information content (AvgIpc) is 3.50. The molecule has 4 rings (SSSR count). The van der Waals surface area contributed by atoms with Gasteiger partial charge < -0.3 is 23.8 Å². The van der Waals surface area contributed by atoms with Gasteiger partial charge in [-0.25, -0.2) is 14.6 Å². The summed E-state index contributed by atoms with van der Waals surface area (Å²) in [4.78, 5) is 29.4. The van der Waals surface area contributed by atoms with E-state index in [2.05, 4.69) is 96.3 Å². The molecule has 0 atom stereocenters. The molecule has 8 nitrogen and oxygen atoms in total. The Kier molecular flexibility index (Phi) is 12.3. The number of alkyl carbamates (subject to hydrolysis) is 1. The van der Waals surface area contributed by atoms with Crippen molar-refractivity contribution in [1.29, 1.82) is 0 Å². The van der Waals surface area contributed by atoms with Crippen LogP contribution in [0.15, 0.2) is 78.8 Å². The van der Waals surface area contributed by atoms with E-state index in [4.69, 9.17) is 13.9 Å². The zero-order valence-corrected chi connectivity index (χ0v) is 30.3. The third-order valence-corrected chi connectivity index (χ3v) is 13.7. The van der Waals surface area contributed by atoms with Gasteiger partial charge in [0.25, 0.3) is 8.32 Å². The van der Waals surface area contributed by atoms with E-state index in [-0.39, 0.29) is 17.1 Å². The second kappa shape index (κ2) is 15.9. The van der Waals surface area contributed by atoms with E-state index >= 15 is 0 Å². The van der Waals surface area contributed by atoms with Crippen molar-refractivity contribution in [1.82, 2.24) is 14.9 Å². The fourth-order valence-corrected chi connectivity index (χ4v) is 11.2. The third kappa shape index (κ3) is 9.67. The molecule has 1 N–H and O–H groups in total. The first-order chi connectivity index (χ1) is 22.3. The first-order valence-electron chi connectivity index (χ1n) is 17.0. The van der Waals surface area contributed by atoms with E-state index in [1.165, 1.54) is 10.4 Å². The number of hydrogen-bond acceptors (Lipinski definition) is 6. The second-order valence-corrected chi connectivity index (χ2v) is 18.6. The molecule has 2 aromatic carbocycles. The maximum atomic E-state index is 12.7. The maximum Gasteiger partial charge on any atom is 0.407 e. The summed E-state index contributed by atoms with van der Waals surface area (Å²) in [6, 6.07) is 22.0. The van der Waals surface area contributed by atoms with Crippen molar-refractivity contribution >= 4 is 36.8 Å². The Bertz CT molecular complexity index is 1430. The Balaban J connectivity index is 1.43. The molecule has 1 aromatic heterocycles. The smallest absolute Gasteiger partial charge is 0.407 e. The number of carbonyl (C=O) groups is 2. The summed E-state index contributed by atoms with van der Waals surface area (Å²) in [5.41, 5.74) is 0.693. The number of esters is 1. The lowest BCUT2D eigenvalue weighted by Gasteiger charge is -2.46. The van der Waals surface area contributed by atoms with Gasteiger partial charge in [0.15, 0.2) is 0 Å². The van der Waals surface area contributed by atoms with E-state index in [0.717, 1.165) is 31.4 Å². The second-order valence-electron chi connectivity index (χ2n) is 14.4. The zero-order valence-electron chi connectivity index (χ0n) is 29.3. The van der Waals surface area contributed by atoms with E-state index in [1.54, 1.807) is 13.0 Å². The van der Waals surface area contributed by atoms with Gasteiger partial charge in [-0.2, -0.15) is 0 Å². The molecule has 1 aliphatic carbocycles. The van der Waals surface area contributed by atoms with Crippen LogP contribution in [0, 0.1) is 0 Å². The van der Waals surface area contributed by atoms with Crippen LogP contribution < -0.4 is 15.7 Å². The summed E-state index contributed by atoms with van der Waals surface area (Å²) in [6.45, 7) is 14.9. The van der Waals surface area contributed by atoms with E-state index in [0.29, 0.717) is 37.6 Å². The average molecular weight is 660 g/mol. The molecule has 1 aliphatic rings. The Hall–Kier alpha value is -3.69. The molecule has 47 heavy (non-hydrogen) atoms. The Morgan fingerprint density at radius 2 is 1.53 bits per heavy atom. The molecule has 1 amide bonds. The van der Waals surface area contributed by atoms with Crippen LogP contribution in [-0.4, -0.2) is 54.8 Å². The summed E-state index contributed by atoms with van der Waals surface area (Å²) in [5, 5.41) is 5.32. The van der Waals surface area contributed by atoms with E-state index in [1.807, 2.05) is 33.3 Å². The van der Waals surface area contributed by atoms with Gasteiger partial charge in [-0.3, -0.25) is 0 Å². The molecule has 0 unspecified atom stereocenters. The van der Waals surface area contributed by atoms with Gasteiger partial charge in [-0.05, 0) is 87.7 Å². The number of hydrogen-bond donors (Lipinski definition) is 1. The van der Waals surface area contributed by atoms with Crippen molar-refractivity contribution in [2.24, 2.45) is 0 Å². The molecule has 0 aliphatic heterocycles. The van der Waals surface area contributed by atoms with Crippen molar-refractivity contribution in [2.75, 3.05) is 13.2 Å². The van der Waals surface area contributed by atoms with Crippen molar-refractivity contribution in [3.63, 3.8) is 0 Å². The molecule has 9 heteroatoms. The van der Waals surface area contributed by atoms with Gasteiger partial charge >= 0.3 is 12.1 Å². The molecule has 3 aromatic rings. The third-order valence-electron chi connectivity index (χ3n) is 8.60. The summed E-state index contributed by atoms with van der Waals surface area (Å²) >= 11 is 0. The monoisotopic (exact) mass is 659 g/mol. The number of aromatic nitrogens is 2. The molecule has 0 bridgehead atoms. The number of rotatable bonds is 12. The molecule has 0 radical (unpaired) electrons. The van der Waals surface area contributed by atoms with Crippen molar-refractivity contribution in [3.8, 4) is 0 Å². The Morgan fingerprint density at radius 1 is 0.936 bits per heavy atom. The van der Waals surface area contributed by atoms with Crippen LogP contribution in [0.2, 0.25) is 5.04 Å². The normalized spacial score (nSPS) is 17.6. The van der Waals surface area contributed by atoms with Crippen LogP contribution in [0.1, 0.15) is 98.7 Å². The molecule has 1 fully saturated rings. The lowest BCUT2D eigenvalue weighted by atomic mass is 9.93. The molecular weight excluding hydrogens is 607 g/mol. The molecule has 1 saturated carbocycles. The SMILES string of the molecule is CCOC(=O)/C(=C/c1cn([C@H]2CC[C@@H](O[Si](c3ccccc3)(c3ccccc3)C(C)(C)C)CC2)cn1)CCCNC(=O)OC(C)(C)C. The summed E-state index contributed by atoms with van der Waals surface area (Å²) < 4.78 is 20.2. The van der Waals surface area contributed by atoms with Gasteiger partial charge in [-0.15, -0.1) is 0 Å². The van der Waals surface area contributed by atoms with Gasteiger partial charge in [-0.1, -0.05) is 81.4 Å². The van der Waals surface area contributed by atoms with Gasteiger partial charge in [0.1, 0.15) is 5.60 Å². The lowest BCUT2D eigenvalue weighted by molar-refractivity contribution is -0.138. The molecular formula is C38H53N3O5Si. The molecule has 1 heterocycles. The van der Waals surface area contributed by atoms with Crippen LogP contribution in [0.3, 0.4) is 0 Å². The topological polar surface area (TPSA) is 91.7 Å². The number of amides is 1. The number of nitrogens with zero attached hydrogens (tertiary/aromatic N) is 2. The van der Waals surface area contributed by atoms with Gasteiger partial charge in [0.05, 0.1) is 18.6 Å². The number of benzene rings is 2. The largest absolute Gasteiger partial charge is 0.463 e. The highest BCUT2D eigenvalue weighted by atomic mass is 28.4. The van der Waals surface area contributed by atoms with Crippen molar-refractivity contribution in [2.45, 2.75) is 110 Å². The van der Waals surface area contributed by atoms with Gasteiger partial charge in [0, 0.05) is 30.5 Å². The lowest BCUT2D eigenvalue weighted by Crippen LogP contribution is -2.67. The minimum atomic E-state index is -2.60. The predicted molar refractivity (Wildman–Crippen MR) is 190 cm³/mol. The summed E-state index contributed by atoms with van der Waals surface area (Å²) in [5.74, 6) is -0.361. The highest BCUT2D eigenvalue weighted by Gasteiger charge is 2.51. The van der Waals surface area contributed by atoms with Crippen molar-refractivity contribution in [3.05, 3.63) is 84.5 Å².